The lowest BCUT2D eigenvalue weighted by Crippen LogP contribution is -2.41. The van der Waals surface area contributed by atoms with Crippen LogP contribution in [0.1, 0.15) is 40.1 Å². The molecule has 0 radical (unpaired) electrons. The molecule has 1 aliphatic rings. The van der Waals surface area contributed by atoms with E-state index in [1.807, 2.05) is 32.0 Å². The number of nitrogens with one attached hydrogen (secondary N) is 2. The van der Waals surface area contributed by atoms with Gasteiger partial charge in [0.15, 0.2) is 0 Å². The van der Waals surface area contributed by atoms with Crippen LogP contribution in [-0.2, 0) is 16.6 Å². The van der Waals surface area contributed by atoms with Gasteiger partial charge in [-0.15, -0.1) is 0 Å². The number of sulfonamides is 1. The zero-order chi connectivity index (χ0) is 26.2. The molecular formula is C28H25N3O5S. The van der Waals surface area contributed by atoms with Gasteiger partial charge in [-0.25, -0.2) is 8.42 Å². The Bertz CT molecular complexity index is 1590. The van der Waals surface area contributed by atoms with Gasteiger partial charge in [0.25, 0.3) is 21.8 Å². The van der Waals surface area contributed by atoms with Crippen LogP contribution >= 0.6 is 0 Å². The standard InChI is InChI=1S/C28H25N3O5S/c1-18(2)36-23-15-13-22(14-16-23)28(33)30-29-27(32)21-11-9-19(10-12-21)17-31-24-7-3-5-20-6-4-8-25(26(20)24)37(31,34)35/h3-16,18H,17H2,1-2H3,(H,29,32)(H,30,33). The van der Waals surface area contributed by atoms with Crippen LogP contribution in [0.25, 0.3) is 10.8 Å². The Morgan fingerprint density at radius 3 is 1.97 bits per heavy atom. The fourth-order valence-electron chi connectivity index (χ4n) is 4.27. The SMILES string of the molecule is CC(C)Oc1ccc(C(=O)NNC(=O)c2ccc(CN3c4cccc5cccc(c45)S3(=O)=O)cc2)cc1. The summed E-state index contributed by atoms with van der Waals surface area (Å²) >= 11 is 0. The minimum Gasteiger partial charge on any atom is -0.491 e. The molecule has 5 rings (SSSR count). The molecule has 1 aliphatic heterocycles. The normalized spacial score (nSPS) is 13.5. The number of ether oxygens (including phenoxy) is 1. The summed E-state index contributed by atoms with van der Waals surface area (Å²) < 4.78 is 33.3. The second kappa shape index (κ2) is 9.59. The van der Waals surface area contributed by atoms with Crippen molar-refractivity contribution < 1.29 is 22.7 Å². The van der Waals surface area contributed by atoms with Gasteiger partial charge in [-0.1, -0.05) is 36.4 Å². The number of hydrazine groups is 1. The van der Waals surface area contributed by atoms with Gasteiger partial charge in [-0.05, 0) is 73.3 Å². The molecule has 2 N–H and O–H groups in total. The Hall–Kier alpha value is -4.37. The predicted octanol–water partition coefficient (Wildman–Crippen LogP) is 4.41. The van der Waals surface area contributed by atoms with E-state index < -0.39 is 21.8 Å². The Kier molecular flexibility index (Phi) is 6.31. The van der Waals surface area contributed by atoms with Gasteiger partial charge in [0, 0.05) is 16.5 Å². The van der Waals surface area contributed by atoms with Crippen molar-refractivity contribution in [2.24, 2.45) is 0 Å². The molecule has 4 aromatic rings. The quantitative estimate of drug-likeness (QED) is 0.370. The molecule has 0 saturated carbocycles. The summed E-state index contributed by atoms with van der Waals surface area (Å²) in [4.78, 5) is 25.2. The molecular weight excluding hydrogens is 490 g/mol. The molecule has 0 unspecified atom stereocenters. The smallest absolute Gasteiger partial charge is 0.269 e. The highest BCUT2D eigenvalue weighted by Gasteiger charge is 2.35. The molecule has 8 nitrogen and oxygen atoms in total. The minimum absolute atomic E-state index is 0.0239. The molecule has 188 valence electrons. The Morgan fingerprint density at radius 1 is 0.811 bits per heavy atom. The monoisotopic (exact) mass is 515 g/mol. The fourth-order valence-corrected chi connectivity index (χ4v) is 5.97. The largest absolute Gasteiger partial charge is 0.491 e. The molecule has 1 heterocycles. The maximum Gasteiger partial charge on any atom is 0.269 e. The number of amides is 2. The van der Waals surface area contributed by atoms with E-state index in [9.17, 15) is 18.0 Å². The highest BCUT2D eigenvalue weighted by molar-refractivity contribution is 7.93. The van der Waals surface area contributed by atoms with Crippen LogP contribution < -0.4 is 19.9 Å². The van der Waals surface area contributed by atoms with E-state index in [0.29, 0.717) is 27.5 Å². The summed E-state index contributed by atoms with van der Waals surface area (Å²) in [7, 11) is -3.68. The van der Waals surface area contributed by atoms with Crippen LogP contribution in [0.15, 0.2) is 89.8 Å². The van der Waals surface area contributed by atoms with Crippen LogP contribution in [0, 0.1) is 0 Å². The molecule has 9 heteroatoms. The van der Waals surface area contributed by atoms with Crippen molar-refractivity contribution in [3.8, 4) is 5.75 Å². The third kappa shape index (κ3) is 4.73. The van der Waals surface area contributed by atoms with E-state index in [0.717, 1.165) is 16.3 Å². The summed E-state index contributed by atoms with van der Waals surface area (Å²) in [6.07, 6.45) is 0.0239. The third-order valence-corrected chi connectivity index (χ3v) is 7.80. The first kappa shape index (κ1) is 24.3. The van der Waals surface area contributed by atoms with Crippen LogP contribution in [0.5, 0.6) is 5.75 Å². The number of hydrogen-bond donors (Lipinski definition) is 2. The zero-order valence-corrected chi connectivity index (χ0v) is 21.1. The van der Waals surface area contributed by atoms with E-state index in [2.05, 4.69) is 10.9 Å². The molecule has 0 aromatic heterocycles. The van der Waals surface area contributed by atoms with Crippen molar-refractivity contribution in [3.05, 3.63) is 102 Å². The molecule has 0 saturated heterocycles. The highest BCUT2D eigenvalue weighted by atomic mass is 32.2. The lowest BCUT2D eigenvalue weighted by Gasteiger charge is -2.19. The third-order valence-electron chi connectivity index (χ3n) is 6.00. The Labute approximate surface area is 214 Å². The average Bonchev–Trinajstić information content (AvgIpc) is 3.11. The average molecular weight is 516 g/mol. The Balaban J connectivity index is 1.23. The molecule has 37 heavy (non-hydrogen) atoms. The van der Waals surface area contributed by atoms with E-state index in [1.54, 1.807) is 66.7 Å². The number of anilines is 1. The van der Waals surface area contributed by atoms with Gasteiger partial charge < -0.3 is 4.74 Å². The molecule has 2 amide bonds. The lowest BCUT2D eigenvalue weighted by molar-refractivity contribution is 0.0846. The van der Waals surface area contributed by atoms with E-state index in [1.165, 1.54) is 4.31 Å². The van der Waals surface area contributed by atoms with Gasteiger partial charge in [-0.2, -0.15) is 0 Å². The summed E-state index contributed by atoms with van der Waals surface area (Å²) in [5.41, 5.74) is 6.84. The first-order valence-electron chi connectivity index (χ1n) is 11.7. The second-order valence-corrected chi connectivity index (χ2v) is 10.8. The maximum atomic E-state index is 13.2. The van der Waals surface area contributed by atoms with Crippen LogP contribution in [0.4, 0.5) is 5.69 Å². The van der Waals surface area contributed by atoms with Gasteiger partial charge >= 0.3 is 0 Å². The minimum atomic E-state index is -3.68. The number of benzene rings is 4. The lowest BCUT2D eigenvalue weighted by atomic mass is 10.1. The van der Waals surface area contributed by atoms with Crippen LogP contribution in [-0.4, -0.2) is 26.3 Å². The molecule has 0 aliphatic carbocycles. The molecule has 0 atom stereocenters. The molecule has 4 aromatic carbocycles. The molecule has 0 spiro atoms. The number of carbonyl (C=O) groups excluding carboxylic acids is 2. The summed E-state index contributed by atoms with van der Waals surface area (Å²) in [6, 6.07) is 24.0. The molecule has 0 fully saturated rings. The number of rotatable bonds is 6. The summed E-state index contributed by atoms with van der Waals surface area (Å²) in [5, 5.41) is 1.59. The van der Waals surface area contributed by atoms with Crippen molar-refractivity contribution >= 4 is 38.3 Å². The van der Waals surface area contributed by atoms with E-state index >= 15 is 0 Å². The number of carbonyl (C=O) groups is 2. The van der Waals surface area contributed by atoms with E-state index in [4.69, 9.17) is 4.74 Å². The van der Waals surface area contributed by atoms with Crippen molar-refractivity contribution in [3.63, 3.8) is 0 Å². The first-order chi connectivity index (χ1) is 17.7. The maximum absolute atomic E-state index is 13.2. The van der Waals surface area contributed by atoms with Crippen molar-refractivity contribution in [1.29, 1.82) is 0 Å². The van der Waals surface area contributed by atoms with Crippen LogP contribution in [0.2, 0.25) is 0 Å². The van der Waals surface area contributed by atoms with Gasteiger partial charge in [0.05, 0.1) is 23.2 Å². The second-order valence-electron chi connectivity index (χ2n) is 8.94. The van der Waals surface area contributed by atoms with E-state index in [-0.39, 0.29) is 12.6 Å². The van der Waals surface area contributed by atoms with Gasteiger partial charge in [-0.3, -0.25) is 24.7 Å². The number of nitrogens with zero attached hydrogens (tertiary/aromatic N) is 1. The topological polar surface area (TPSA) is 105 Å². The fraction of sp³-hybridized carbons (Fsp3) is 0.143. The Morgan fingerprint density at radius 2 is 1.38 bits per heavy atom. The van der Waals surface area contributed by atoms with Crippen molar-refractivity contribution in [1.82, 2.24) is 10.9 Å². The highest BCUT2D eigenvalue weighted by Crippen LogP contribution is 2.42. The number of hydrogen-bond acceptors (Lipinski definition) is 5. The van der Waals surface area contributed by atoms with Gasteiger partial charge in [0.1, 0.15) is 5.75 Å². The van der Waals surface area contributed by atoms with Crippen LogP contribution in [0.3, 0.4) is 0 Å². The molecule has 0 bridgehead atoms. The van der Waals surface area contributed by atoms with Gasteiger partial charge in [0.2, 0.25) is 0 Å². The summed E-state index contributed by atoms with van der Waals surface area (Å²) in [6.45, 7) is 3.96. The van der Waals surface area contributed by atoms with Crippen molar-refractivity contribution in [2.75, 3.05) is 4.31 Å². The summed E-state index contributed by atoms with van der Waals surface area (Å²) in [5.74, 6) is -0.308. The zero-order valence-electron chi connectivity index (χ0n) is 20.3. The first-order valence-corrected chi connectivity index (χ1v) is 13.2. The predicted molar refractivity (Wildman–Crippen MR) is 141 cm³/mol. The van der Waals surface area contributed by atoms with Crippen molar-refractivity contribution in [2.45, 2.75) is 31.4 Å².